The maximum Gasteiger partial charge on any atom is 0.0685 e. The quantitative estimate of drug-likeness (QED) is 0.742. The molecule has 3 N–H and O–H groups in total. The summed E-state index contributed by atoms with van der Waals surface area (Å²) in [7, 11) is 0. The van der Waals surface area contributed by atoms with Crippen molar-refractivity contribution in [1.82, 2.24) is 0 Å². The van der Waals surface area contributed by atoms with Gasteiger partial charge in [-0.2, -0.15) is 0 Å². The molecule has 2 heteroatoms. The first-order valence-electron chi connectivity index (χ1n) is 4.60. The molecule has 0 bridgehead atoms. The van der Waals surface area contributed by atoms with E-state index in [-0.39, 0.29) is 12.1 Å². The lowest BCUT2D eigenvalue weighted by atomic mass is 9.87. The first-order chi connectivity index (χ1) is 6.11. The zero-order valence-corrected chi connectivity index (χ0v) is 8.25. The molecule has 0 saturated heterocycles. The molecule has 1 aromatic rings. The van der Waals surface area contributed by atoms with Crippen molar-refractivity contribution in [3.63, 3.8) is 0 Å². The van der Waals surface area contributed by atoms with Gasteiger partial charge in [0.2, 0.25) is 0 Å². The minimum absolute atomic E-state index is 0.0585. The fourth-order valence-electron chi connectivity index (χ4n) is 1.41. The first-order valence-corrected chi connectivity index (χ1v) is 4.60. The summed E-state index contributed by atoms with van der Waals surface area (Å²) in [5.74, 6) is 0. The summed E-state index contributed by atoms with van der Waals surface area (Å²) in [6.45, 7) is 4.10. The van der Waals surface area contributed by atoms with E-state index in [1.807, 2.05) is 38.1 Å². The van der Waals surface area contributed by atoms with E-state index in [1.54, 1.807) is 0 Å². The highest BCUT2D eigenvalue weighted by Crippen LogP contribution is 2.24. The van der Waals surface area contributed by atoms with E-state index in [0.29, 0.717) is 0 Å². The summed E-state index contributed by atoms with van der Waals surface area (Å²) in [6, 6.07) is 7.77. The molecule has 1 aromatic carbocycles. The van der Waals surface area contributed by atoms with Gasteiger partial charge >= 0.3 is 0 Å². The number of benzene rings is 1. The molecule has 0 aliphatic carbocycles. The zero-order chi connectivity index (χ0) is 9.90. The number of aliphatic hydroxyl groups is 1. The molecule has 1 atom stereocenters. The van der Waals surface area contributed by atoms with Crippen LogP contribution in [0.1, 0.15) is 31.4 Å². The lowest BCUT2D eigenvalue weighted by Crippen LogP contribution is -2.33. The summed E-state index contributed by atoms with van der Waals surface area (Å²) in [5.41, 5.74) is 7.74. The van der Waals surface area contributed by atoms with E-state index in [0.717, 1.165) is 17.5 Å². The maximum atomic E-state index is 9.12. The average molecular weight is 179 g/mol. The second-order valence-electron chi connectivity index (χ2n) is 3.59. The van der Waals surface area contributed by atoms with Gasteiger partial charge in [-0.05, 0) is 24.5 Å². The normalized spacial score (nSPS) is 15.4. The van der Waals surface area contributed by atoms with Gasteiger partial charge in [0, 0.05) is 5.54 Å². The van der Waals surface area contributed by atoms with Gasteiger partial charge in [0.25, 0.3) is 0 Å². The molecule has 0 amide bonds. The topological polar surface area (TPSA) is 46.2 Å². The van der Waals surface area contributed by atoms with Gasteiger partial charge in [-0.25, -0.2) is 0 Å². The van der Waals surface area contributed by atoms with Crippen LogP contribution in [0.2, 0.25) is 0 Å². The van der Waals surface area contributed by atoms with Crippen molar-refractivity contribution in [2.45, 2.75) is 32.4 Å². The number of hydrogen-bond acceptors (Lipinski definition) is 2. The third kappa shape index (κ3) is 2.08. The molecule has 0 spiro atoms. The molecule has 0 radical (unpaired) electrons. The molecule has 1 rings (SSSR count). The second-order valence-corrected chi connectivity index (χ2v) is 3.59. The Hall–Kier alpha value is -0.860. The van der Waals surface area contributed by atoms with Gasteiger partial charge in [0.15, 0.2) is 0 Å². The Morgan fingerprint density at radius 2 is 2.00 bits per heavy atom. The van der Waals surface area contributed by atoms with Crippen molar-refractivity contribution in [2.24, 2.45) is 5.73 Å². The smallest absolute Gasteiger partial charge is 0.0685 e. The van der Waals surface area contributed by atoms with Crippen LogP contribution in [-0.4, -0.2) is 5.11 Å². The van der Waals surface area contributed by atoms with E-state index in [1.165, 1.54) is 0 Å². The summed E-state index contributed by atoms with van der Waals surface area (Å²) >= 11 is 0. The van der Waals surface area contributed by atoms with Gasteiger partial charge in [-0.1, -0.05) is 31.2 Å². The number of aliphatic hydroxyl groups excluding tert-OH is 1. The fraction of sp³-hybridized carbons (Fsp3) is 0.455. The lowest BCUT2D eigenvalue weighted by Gasteiger charge is -2.25. The maximum absolute atomic E-state index is 9.12. The lowest BCUT2D eigenvalue weighted by molar-refractivity contribution is 0.277. The molecule has 72 valence electrons. The first kappa shape index (κ1) is 10.2. The third-order valence-corrected chi connectivity index (χ3v) is 2.54. The van der Waals surface area contributed by atoms with Crippen molar-refractivity contribution >= 4 is 0 Å². The van der Waals surface area contributed by atoms with Gasteiger partial charge in [-0.15, -0.1) is 0 Å². The van der Waals surface area contributed by atoms with Gasteiger partial charge < -0.3 is 10.8 Å². The summed E-state index contributed by atoms with van der Waals surface area (Å²) < 4.78 is 0. The van der Waals surface area contributed by atoms with Crippen LogP contribution in [0.5, 0.6) is 0 Å². The fourth-order valence-corrected chi connectivity index (χ4v) is 1.41. The largest absolute Gasteiger partial charge is 0.392 e. The molecule has 2 nitrogen and oxygen atoms in total. The number of rotatable bonds is 3. The number of hydrogen-bond donors (Lipinski definition) is 2. The Balaban J connectivity index is 3.12. The highest BCUT2D eigenvalue weighted by molar-refractivity contribution is 5.32. The SMILES string of the molecule is CCC(C)(N)c1ccccc1CO. The predicted octanol–water partition coefficient (Wildman–Crippen LogP) is 1.76. The van der Waals surface area contributed by atoms with Crippen molar-refractivity contribution in [3.05, 3.63) is 35.4 Å². The molecule has 0 aromatic heterocycles. The summed E-state index contributed by atoms with van der Waals surface area (Å²) in [4.78, 5) is 0. The summed E-state index contributed by atoms with van der Waals surface area (Å²) in [6.07, 6.45) is 0.865. The van der Waals surface area contributed by atoms with Crippen LogP contribution in [0.3, 0.4) is 0 Å². The molecule has 0 saturated carbocycles. The van der Waals surface area contributed by atoms with Crippen molar-refractivity contribution in [2.75, 3.05) is 0 Å². The standard InChI is InChI=1S/C11H17NO/c1-3-11(2,12)10-7-5-4-6-9(10)8-13/h4-7,13H,3,8,12H2,1-2H3. The van der Waals surface area contributed by atoms with Gasteiger partial charge in [-0.3, -0.25) is 0 Å². The van der Waals surface area contributed by atoms with Crippen LogP contribution in [0, 0.1) is 0 Å². The van der Waals surface area contributed by atoms with Crippen LogP contribution >= 0.6 is 0 Å². The van der Waals surface area contributed by atoms with Crippen LogP contribution in [0.4, 0.5) is 0 Å². The molecule has 0 aliphatic rings. The Morgan fingerprint density at radius 1 is 1.38 bits per heavy atom. The van der Waals surface area contributed by atoms with Gasteiger partial charge in [0.1, 0.15) is 0 Å². The van der Waals surface area contributed by atoms with E-state index >= 15 is 0 Å². The Bertz CT molecular complexity index is 281. The third-order valence-electron chi connectivity index (χ3n) is 2.54. The van der Waals surface area contributed by atoms with E-state index in [2.05, 4.69) is 0 Å². The average Bonchev–Trinajstić information content (AvgIpc) is 2.18. The molecule has 0 aliphatic heterocycles. The Labute approximate surface area is 79.4 Å². The highest BCUT2D eigenvalue weighted by atomic mass is 16.3. The van der Waals surface area contributed by atoms with E-state index in [9.17, 15) is 0 Å². The van der Waals surface area contributed by atoms with E-state index < -0.39 is 0 Å². The van der Waals surface area contributed by atoms with Crippen molar-refractivity contribution in [1.29, 1.82) is 0 Å². The molecular weight excluding hydrogens is 162 g/mol. The van der Waals surface area contributed by atoms with Gasteiger partial charge in [0.05, 0.1) is 6.61 Å². The molecule has 1 unspecified atom stereocenters. The Morgan fingerprint density at radius 3 is 2.54 bits per heavy atom. The second kappa shape index (κ2) is 3.90. The minimum Gasteiger partial charge on any atom is -0.392 e. The minimum atomic E-state index is -0.334. The summed E-state index contributed by atoms with van der Waals surface area (Å²) in [5, 5.41) is 9.12. The zero-order valence-electron chi connectivity index (χ0n) is 8.25. The number of nitrogens with two attached hydrogens (primary N) is 1. The van der Waals surface area contributed by atoms with Crippen LogP contribution in [0.25, 0.3) is 0 Å². The molecular formula is C11H17NO. The monoisotopic (exact) mass is 179 g/mol. The van der Waals surface area contributed by atoms with Crippen LogP contribution in [-0.2, 0) is 12.1 Å². The van der Waals surface area contributed by atoms with Crippen molar-refractivity contribution < 1.29 is 5.11 Å². The predicted molar refractivity (Wildman–Crippen MR) is 54.2 cm³/mol. The van der Waals surface area contributed by atoms with Crippen molar-refractivity contribution in [3.8, 4) is 0 Å². The highest BCUT2D eigenvalue weighted by Gasteiger charge is 2.20. The molecule has 13 heavy (non-hydrogen) atoms. The van der Waals surface area contributed by atoms with Crippen LogP contribution < -0.4 is 5.73 Å². The molecule has 0 heterocycles. The Kier molecular flexibility index (Phi) is 3.07. The van der Waals surface area contributed by atoms with E-state index in [4.69, 9.17) is 10.8 Å². The van der Waals surface area contributed by atoms with Crippen LogP contribution in [0.15, 0.2) is 24.3 Å². The molecule has 0 fully saturated rings.